The average molecular weight is 184 g/mol. The predicted molar refractivity (Wildman–Crippen MR) is 48.1 cm³/mol. The Labute approximate surface area is 75.6 Å². The fourth-order valence-corrected chi connectivity index (χ4v) is 2.24. The van der Waals surface area contributed by atoms with Gasteiger partial charge in [-0.05, 0) is 6.92 Å². The van der Waals surface area contributed by atoms with Crippen LogP contribution in [-0.2, 0) is 17.8 Å². The molecule has 1 aliphatic heterocycles. The summed E-state index contributed by atoms with van der Waals surface area (Å²) in [7, 11) is 0. The van der Waals surface area contributed by atoms with Crippen molar-refractivity contribution in [2.45, 2.75) is 26.0 Å². The Morgan fingerprint density at radius 3 is 3.17 bits per heavy atom. The van der Waals surface area contributed by atoms with Crippen LogP contribution in [0, 0.1) is 0 Å². The molecule has 0 radical (unpaired) electrons. The smallest absolute Gasteiger partial charge is 0.110 e. The summed E-state index contributed by atoms with van der Waals surface area (Å²) in [5.74, 6) is 0. The molecule has 0 spiro atoms. The molecule has 1 aromatic heterocycles. The zero-order valence-corrected chi connectivity index (χ0v) is 7.86. The van der Waals surface area contributed by atoms with E-state index in [-0.39, 0.29) is 6.04 Å². The van der Waals surface area contributed by atoms with Crippen LogP contribution in [-0.4, -0.2) is 11.6 Å². The second-order valence-corrected chi connectivity index (χ2v) is 4.13. The normalized spacial score (nSPS) is 18.8. The minimum Gasteiger partial charge on any atom is -0.375 e. The van der Waals surface area contributed by atoms with Crippen molar-refractivity contribution in [2.75, 3.05) is 6.61 Å². The first-order valence-electron chi connectivity index (χ1n) is 4.09. The van der Waals surface area contributed by atoms with Crippen molar-refractivity contribution in [1.29, 1.82) is 0 Å². The molecule has 0 aliphatic carbocycles. The maximum Gasteiger partial charge on any atom is 0.110 e. The minimum absolute atomic E-state index is 0.0561. The fraction of sp³-hybridized carbons (Fsp3) is 0.625. The molecule has 0 saturated heterocycles. The van der Waals surface area contributed by atoms with Crippen LogP contribution < -0.4 is 5.73 Å². The molecule has 3 nitrogen and oxygen atoms in total. The number of thiazole rings is 1. The second kappa shape index (κ2) is 3.12. The maximum absolute atomic E-state index is 5.73. The van der Waals surface area contributed by atoms with Gasteiger partial charge < -0.3 is 10.5 Å². The fourth-order valence-electron chi connectivity index (χ4n) is 1.24. The van der Waals surface area contributed by atoms with Crippen molar-refractivity contribution in [3.63, 3.8) is 0 Å². The molecule has 0 bridgehead atoms. The molecule has 1 aromatic rings. The van der Waals surface area contributed by atoms with E-state index in [1.54, 1.807) is 11.3 Å². The highest BCUT2D eigenvalue weighted by atomic mass is 32.1. The van der Waals surface area contributed by atoms with Gasteiger partial charge in [-0.2, -0.15) is 0 Å². The van der Waals surface area contributed by atoms with Gasteiger partial charge in [0.1, 0.15) is 5.01 Å². The average Bonchev–Trinajstić information content (AvgIpc) is 2.46. The molecule has 0 aromatic carbocycles. The van der Waals surface area contributed by atoms with E-state index >= 15 is 0 Å². The van der Waals surface area contributed by atoms with Gasteiger partial charge in [-0.25, -0.2) is 4.98 Å². The minimum atomic E-state index is 0.0561. The van der Waals surface area contributed by atoms with Gasteiger partial charge in [0, 0.05) is 6.42 Å². The number of nitrogens with two attached hydrogens (primary N) is 1. The third kappa shape index (κ3) is 1.37. The van der Waals surface area contributed by atoms with Gasteiger partial charge in [0.2, 0.25) is 0 Å². The van der Waals surface area contributed by atoms with Crippen LogP contribution in [0.25, 0.3) is 0 Å². The van der Waals surface area contributed by atoms with Crippen LogP contribution in [0.5, 0.6) is 0 Å². The zero-order valence-electron chi connectivity index (χ0n) is 7.04. The summed E-state index contributed by atoms with van der Waals surface area (Å²) in [6, 6.07) is 0.0561. The number of nitrogens with zero attached hydrogens (tertiary/aromatic N) is 1. The zero-order chi connectivity index (χ0) is 8.55. The van der Waals surface area contributed by atoms with Crippen molar-refractivity contribution in [3.8, 4) is 0 Å². The third-order valence-electron chi connectivity index (χ3n) is 1.90. The van der Waals surface area contributed by atoms with Gasteiger partial charge in [-0.3, -0.25) is 0 Å². The first-order chi connectivity index (χ1) is 5.77. The third-order valence-corrected chi connectivity index (χ3v) is 3.17. The monoisotopic (exact) mass is 184 g/mol. The second-order valence-electron chi connectivity index (χ2n) is 3.01. The van der Waals surface area contributed by atoms with Crippen LogP contribution in [0.15, 0.2) is 0 Å². The van der Waals surface area contributed by atoms with E-state index in [0.29, 0.717) is 0 Å². The lowest BCUT2D eigenvalue weighted by molar-refractivity contribution is 0.112. The Hall–Kier alpha value is -0.450. The van der Waals surface area contributed by atoms with Gasteiger partial charge in [-0.1, -0.05) is 0 Å². The molecule has 2 rings (SSSR count). The highest BCUT2D eigenvalue weighted by Crippen LogP contribution is 2.26. The molecule has 1 atom stereocenters. The van der Waals surface area contributed by atoms with Crippen molar-refractivity contribution in [2.24, 2.45) is 5.73 Å². The molecule has 12 heavy (non-hydrogen) atoms. The van der Waals surface area contributed by atoms with Gasteiger partial charge in [0.05, 0.1) is 29.8 Å². The van der Waals surface area contributed by atoms with Crippen molar-refractivity contribution < 1.29 is 4.74 Å². The molecule has 2 heterocycles. The maximum atomic E-state index is 5.73. The van der Waals surface area contributed by atoms with E-state index in [0.717, 1.165) is 24.6 Å². The van der Waals surface area contributed by atoms with Crippen LogP contribution in [0.2, 0.25) is 0 Å². The lowest BCUT2D eigenvalue weighted by atomic mass is 10.2. The van der Waals surface area contributed by atoms with Crippen LogP contribution in [0.1, 0.15) is 28.5 Å². The van der Waals surface area contributed by atoms with E-state index in [4.69, 9.17) is 10.5 Å². The van der Waals surface area contributed by atoms with Crippen LogP contribution >= 0.6 is 11.3 Å². The predicted octanol–water partition coefficient (Wildman–Crippen LogP) is 1.24. The molecule has 0 amide bonds. The number of rotatable bonds is 1. The number of hydrogen-bond acceptors (Lipinski definition) is 4. The molecule has 0 fully saturated rings. The lowest BCUT2D eigenvalue weighted by Gasteiger charge is -2.08. The van der Waals surface area contributed by atoms with Crippen LogP contribution in [0.4, 0.5) is 0 Å². The number of aromatic nitrogens is 1. The molecule has 1 aliphatic rings. The highest BCUT2D eigenvalue weighted by Gasteiger charge is 2.16. The number of hydrogen-bond donors (Lipinski definition) is 1. The van der Waals surface area contributed by atoms with Gasteiger partial charge >= 0.3 is 0 Å². The molecule has 4 heteroatoms. The lowest BCUT2D eigenvalue weighted by Crippen LogP contribution is -2.08. The molecule has 0 unspecified atom stereocenters. The van der Waals surface area contributed by atoms with Gasteiger partial charge in [0.25, 0.3) is 0 Å². The molecule has 2 N–H and O–H groups in total. The van der Waals surface area contributed by atoms with Crippen molar-refractivity contribution in [3.05, 3.63) is 15.6 Å². The standard InChI is InChI=1S/C8H12N2OS/c1-5(9)8-10-6-2-3-11-4-7(6)12-8/h5H,2-4,9H2,1H3/t5-/m1/s1. The SMILES string of the molecule is C[C@@H](N)c1nc2c(s1)COCC2. The van der Waals surface area contributed by atoms with Crippen molar-refractivity contribution in [1.82, 2.24) is 4.98 Å². The quantitative estimate of drug-likeness (QED) is 0.714. The van der Waals surface area contributed by atoms with E-state index in [2.05, 4.69) is 4.98 Å². The Bertz CT molecular complexity index is 259. The molecule has 66 valence electrons. The van der Waals surface area contributed by atoms with Gasteiger partial charge in [-0.15, -0.1) is 11.3 Å². The summed E-state index contributed by atoms with van der Waals surface area (Å²) in [6.07, 6.45) is 0.943. The first kappa shape index (κ1) is 8.16. The summed E-state index contributed by atoms with van der Waals surface area (Å²) < 4.78 is 5.32. The first-order valence-corrected chi connectivity index (χ1v) is 4.91. The molecule has 0 saturated carbocycles. The summed E-state index contributed by atoms with van der Waals surface area (Å²) in [4.78, 5) is 5.72. The Morgan fingerprint density at radius 1 is 1.67 bits per heavy atom. The molecular formula is C8H12N2OS. The summed E-state index contributed by atoms with van der Waals surface area (Å²) >= 11 is 1.68. The van der Waals surface area contributed by atoms with E-state index < -0.39 is 0 Å². The molecular weight excluding hydrogens is 172 g/mol. The Kier molecular flexibility index (Phi) is 2.12. The number of ether oxygens (including phenoxy) is 1. The Morgan fingerprint density at radius 2 is 2.50 bits per heavy atom. The Balaban J connectivity index is 2.32. The van der Waals surface area contributed by atoms with Crippen molar-refractivity contribution >= 4 is 11.3 Å². The summed E-state index contributed by atoms with van der Waals surface area (Å²) in [6.45, 7) is 3.49. The van der Waals surface area contributed by atoms with E-state index in [1.807, 2.05) is 6.92 Å². The largest absolute Gasteiger partial charge is 0.375 e. The van der Waals surface area contributed by atoms with Gasteiger partial charge in [0.15, 0.2) is 0 Å². The summed E-state index contributed by atoms with van der Waals surface area (Å²) in [5, 5.41) is 1.03. The highest BCUT2D eigenvalue weighted by molar-refractivity contribution is 7.11. The topological polar surface area (TPSA) is 48.1 Å². The van der Waals surface area contributed by atoms with Crippen LogP contribution in [0.3, 0.4) is 0 Å². The van der Waals surface area contributed by atoms with E-state index in [9.17, 15) is 0 Å². The number of fused-ring (bicyclic) bond motifs is 1. The van der Waals surface area contributed by atoms with E-state index in [1.165, 1.54) is 10.6 Å². The summed E-state index contributed by atoms with van der Waals surface area (Å²) in [5.41, 5.74) is 6.93.